The Morgan fingerprint density at radius 3 is 1.88 bits per heavy atom. The topological polar surface area (TPSA) is 35.5 Å². The normalized spacial score (nSPS) is 9.25. The van der Waals surface area contributed by atoms with Crippen molar-refractivity contribution in [2.45, 2.75) is 59.8 Å². The summed E-state index contributed by atoms with van der Waals surface area (Å²) in [6.45, 7) is 9.72. The third-order valence-electron chi connectivity index (χ3n) is 1.92. The smallest absolute Gasteiger partial charge is 0.308 e. The molecule has 0 aromatic carbocycles. The molecule has 0 radical (unpaired) electrons. The van der Waals surface area contributed by atoms with Gasteiger partial charge in [-0.1, -0.05) is 39.5 Å². The molecule has 0 rings (SSSR count). The lowest BCUT2D eigenvalue weighted by molar-refractivity contribution is -0.144. The predicted molar refractivity (Wildman–Crippen MR) is 67.6 cm³/mol. The molecule has 0 aliphatic carbocycles. The monoisotopic (exact) mass is 232 g/mol. The number of ether oxygens (including phenoxy) is 2. The van der Waals surface area contributed by atoms with E-state index in [2.05, 4.69) is 18.6 Å². The fraction of sp³-hybridized carbons (Fsp3) is 0.923. The zero-order chi connectivity index (χ0) is 12.6. The molecule has 16 heavy (non-hydrogen) atoms. The predicted octanol–water partition coefficient (Wildman–Crippen LogP) is 3.56. The molecule has 0 aromatic heterocycles. The number of esters is 1. The summed E-state index contributed by atoms with van der Waals surface area (Å²) in [6, 6.07) is 0. The molecule has 3 heteroatoms. The van der Waals surface area contributed by atoms with E-state index in [1.807, 2.05) is 6.92 Å². The molecule has 0 bridgehead atoms. The summed E-state index contributed by atoms with van der Waals surface area (Å²) >= 11 is 0. The van der Waals surface area contributed by atoms with E-state index in [0.717, 1.165) is 0 Å². The van der Waals surface area contributed by atoms with Crippen LogP contribution in [0.15, 0.2) is 0 Å². The number of hydrogen-bond acceptors (Lipinski definition) is 3. The van der Waals surface area contributed by atoms with Crippen LogP contribution in [0.3, 0.4) is 0 Å². The largest absolute Gasteiger partial charge is 0.466 e. The standard InChI is InChI=1S/C7H14O3.C6H14/c1-3-9-6-5-7(8)10-4-2;1-3-5-6-4-2/h3-6H2,1-2H3;3-6H2,1-2H3. The highest BCUT2D eigenvalue weighted by Crippen LogP contribution is 1.95. The van der Waals surface area contributed by atoms with E-state index in [1.165, 1.54) is 25.7 Å². The van der Waals surface area contributed by atoms with Crippen LogP contribution >= 0.6 is 0 Å². The maximum Gasteiger partial charge on any atom is 0.308 e. The third-order valence-corrected chi connectivity index (χ3v) is 1.92. The van der Waals surface area contributed by atoms with Crippen LogP contribution in [0.4, 0.5) is 0 Å². The van der Waals surface area contributed by atoms with Crippen LogP contribution in [0.1, 0.15) is 59.8 Å². The van der Waals surface area contributed by atoms with Crippen molar-refractivity contribution in [3.63, 3.8) is 0 Å². The number of unbranched alkanes of at least 4 members (excludes halogenated alkanes) is 3. The van der Waals surface area contributed by atoms with Gasteiger partial charge < -0.3 is 9.47 Å². The fourth-order valence-corrected chi connectivity index (χ4v) is 1.03. The van der Waals surface area contributed by atoms with Crippen molar-refractivity contribution in [2.75, 3.05) is 19.8 Å². The summed E-state index contributed by atoms with van der Waals surface area (Å²) in [5.41, 5.74) is 0. The Balaban J connectivity index is 0. The van der Waals surface area contributed by atoms with Crippen molar-refractivity contribution in [2.24, 2.45) is 0 Å². The first-order chi connectivity index (χ1) is 7.72. The van der Waals surface area contributed by atoms with E-state index >= 15 is 0 Å². The summed E-state index contributed by atoms with van der Waals surface area (Å²) in [5.74, 6) is -0.184. The lowest BCUT2D eigenvalue weighted by atomic mass is 10.2. The van der Waals surface area contributed by atoms with E-state index in [4.69, 9.17) is 4.74 Å². The third kappa shape index (κ3) is 19.1. The lowest BCUT2D eigenvalue weighted by Crippen LogP contribution is -2.07. The van der Waals surface area contributed by atoms with Crippen LogP contribution in [0.2, 0.25) is 0 Å². The molecule has 0 fully saturated rings. The van der Waals surface area contributed by atoms with Crippen LogP contribution in [0, 0.1) is 0 Å². The molecule has 0 aromatic rings. The molecule has 0 aliphatic heterocycles. The average Bonchev–Trinajstić information content (AvgIpc) is 2.28. The van der Waals surface area contributed by atoms with Gasteiger partial charge in [-0.2, -0.15) is 0 Å². The molecule has 0 amide bonds. The molecule has 0 atom stereocenters. The Kier molecular flexibility index (Phi) is 18.8. The zero-order valence-corrected chi connectivity index (χ0v) is 11.4. The van der Waals surface area contributed by atoms with Crippen LogP contribution in [-0.2, 0) is 14.3 Å². The summed E-state index contributed by atoms with van der Waals surface area (Å²) in [4.78, 5) is 10.6. The van der Waals surface area contributed by atoms with Gasteiger partial charge in [0.2, 0.25) is 0 Å². The molecule has 0 heterocycles. The maximum absolute atomic E-state index is 10.6. The summed E-state index contributed by atoms with van der Waals surface area (Å²) in [5, 5.41) is 0. The van der Waals surface area contributed by atoms with Crippen molar-refractivity contribution in [1.29, 1.82) is 0 Å². The Bertz CT molecular complexity index is 131. The molecule has 98 valence electrons. The van der Waals surface area contributed by atoms with Gasteiger partial charge in [0, 0.05) is 6.61 Å². The Hall–Kier alpha value is -0.570. The molecular formula is C13H28O3. The highest BCUT2D eigenvalue weighted by atomic mass is 16.5. The van der Waals surface area contributed by atoms with Gasteiger partial charge in [0.05, 0.1) is 19.6 Å². The maximum atomic E-state index is 10.6. The molecule has 3 nitrogen and oxygen atoms in total. The first-order valence-corrected chi connectivity index (χ1v) is 6.46. The summed E-state index contributed by atoms with van der Waals surface area (Å²) in [6.07, 6.45) is 5.90. The minimum atomic E-state index is -0.184. The second kappa shape index (κ2) is 16.8. The van der Waals surface area contributed by atoms with Crippen LogP contribution in [0.25, 0.3) is 0 Å². The van der Waals surface area contributed by atoms with Crippen molar-refractivity contribution < 1.29 is 14.3 Å². The quantitative estimate of drug-likeness (QED) is 0.474. The van der Waals surface area contributed by atoms with Gasteiger partial charge in [-0.25, -0.2) is 0 Å². The molecule has 0 aliphatic rings. The van der Waals surface area contributed by atoms with Gasteiger partial charge in [-0.05, 0) is 13.8 Å². The molecule has 0 saturated carbocycles. The van der Waals surface area contributed by atoms with Gasteiger partial charge in [0.25, 0.3) is 0 Å². The Labute approximate surface area is 101 Å². The second-order valence-electron chi connectivity index (χ2n) is 3.46. The zero-order valence-electron chi connectivity index (χ0n) is 11.4. The lowest BCUT2D eigenvalue weighted by Gasteiger charge is -2.00. The van der Waals surface area contributed by atoms with Gasteiger partial charge in [0.1, 0.15) is 0 Å². The number of rotatable bonds is 8. The summed E-state index contributed by atoms with van der Waals surface area (Å²) in [7, 11) is 0. The Morgan fingerprint density at radius 2 is 1.50 bits per heavy atom. The van der Waals surface area contributed by atoms with Gasteiger partial charge in [0.15, 0.2) is 0 Å². The number of carbonyl (C=O) groups excluding carboxylic acids is 1. The Morgan fingerprint density at radius 1 is 0.938 bits per heavy atom. The second-order valence-corrected chi connectivity index (χ2v) is 3.46. The fourth-order valence-electron chi connectivity index (χ4n) is 1.03. The molecule has 0 saturated heterocycles. The summed E-state index contributed by atoms with van der Waals surface area (Å²) < 4.78 is 9.62. The van der Waals surface area contributed by atoms with Crippen molar-refractivity contribution in [3.05, 3.63) is 0 Å². The van der Waals surface area contributed by atoms with Gasteiger partial charge in [-0.15, -0.1) is 0 Å². The van der Waals surface area contributed by atoms with Crippen molar-refractivity contribution >= 4 is 5.97 Å². The van der Waals surface area contributed by atoms with E-state index in [-0.39, 0.29) is 5.97 Å². The highest BCUT2D eigenvalue weighted by molar-refractivity contribution is 5.69. The van der Waals surface area contributed by atoms with E-state index in [1.54, 1.807) is 6.92 Å². The van der Waals surface area contributed by atoms with Crippen LogP contribution in [-0.4, -0.2) is 25.8 Å². The number of hydrogen-bond donors (Lipinski definition) is 0. The molecule has 0 spiro atoms. The highest BCUT2D eigenvalue weighted by Gasteiger charge is 1.98. The minimum Gasteiger partial charge on any atom is -0.466 e. The molecular weight excluding hydrogens is 204 g/mol. The first-order valence-electron chi connectivity index (χ1n) is 6.46. The van der Waals surface area contributed by atoms with E-state index in [9.17, 15) is 4.79 Å². The number of carbonyl (C=O) groups is 1. The van der Waals surface area contributed by atoms with E-state index in [0.29, 0.717) is 26.2 Å². The van der Waals surface area contributed by atoms with Crippen LogP contribution in [0.5, 0.6) is 0 Å². The SMILES string of the molecule is CCCCCC.CCOCCC(=O)OCC. The van der Waals surface area contributed by atoms with Crippen molar-refractivity contribution in [3.8, 4) is 0 Å². The van der Waals surface area contributed by atoms with E-state index < -0.39 is 0 Å². The van der Waals surface area contributed by atoms with Gasteiger partial charge >= 0.3 is 5.97 Å². The minimum absolute atomic E-state index is 0.184. The van der Waals surface area contributed by atoms with Crippen molar-refractivity contribution in [1.82, 2.24) is 0 Å². The first kappa shape index (κ1) is 17.8. The van der Waals surface area contributed by atoms with Gasteiger partial charge in [-0.3, -0.25) is 4.79 Å². The van der Waals surface area contributed by atoms with Crippen LogP contribution < -0.4 is 0 Å². The molecule has 0 N–H and O–H groups in total. The molecule has 0 unspecified atom stereocenters. The average molecular weight is 232 g/mol.